The minimum Gasteiger partial charge on any atom is -0.460 e. The number of hydrogen-bond acceptors (Lipinski definition) is 4. The van der Waals surface area contributed by atoms with Crippen molar-refractivity contribution in [2.75, 3.05) is 0 Å². The summed E-state index contributed by atoms with van der Waals surface area (Å²) in [7, 11) is -3.58. The number of furan rings is 1. The summed E-state index contributed by atoms with van der Waals surface area (Å²) in [6, 6.07) is 11.6. The van der Waals surface area contributed by atoms with Crippen LogP contribution in [-0.2, 0) is 21.4 Å². The summed E-state index contributed by atoms with van der Waals surface area (Å²) in [5.74, 6) is 0.742. The van der Waals surface area contributed by atoms with Gasteiger partial charge in [-0.25, -0.2) is 13.1 Å². The molecule has 1 aromatic carbocycles. The summed E-state index contributed by atoms with van der Waals surface area (Å²) in [5.41, 5.74) is 0. The molecular formula is C18H22N2O4S. The van der Waals surface area contributed by atoms with Crippen molar-refractivity contribution in [3.8, 4) is 0 Å². The molecule has 2 aromatic rings. The fourth-order valence-corrected chi connectivity index (χ4v) is 2.99. The third kappa shape index (κ3) is 5.88. The topological polar surface area (TPSA) is 88.4 Å². The Labute approximate surface area is 148 Å². The summed E-state index contributed by atoms with van der Waals surface area (Å²) in [4.78, 5) is 11.9. The minimum absolute atomic E-state index is 0.0319. The predicted molar refractivity (Wildman–Crippen MR) is 96.1 cm³/mol. The van der Waals surface area contributed by atoms with Crippen LogP contribution in [0.25, 0.3) is 6.08 Å². The van der Waals surface area contributed by atoms with Crippen LogP contribution in [0.4, 0.5) is 0 Å². The van der Waals surface area contributed by atoms with Crippen molar-refractivity contribution in [3.63, 3.8) is 0 Å². The summed E-state index contributed by atoms with van der Waals surface area (Å²) in [6.45, 7) is 3.95. The monoisotopic (exact) mass is 362 g/mol. The van der Waals surface area contributed by atoms with E-state index in [0.717, 1.165) is 6.42 Å². The van der Waals surface area contributed by atoms with Crippen LogP contribution in [-0.4, -0.2) is 20.4 Å². The van der Waals surface area contributed by atoms with Gasteiger partial charge in [0.05, 0.1) is 11.4 Å². The van der Waals surface area contributed by atoms with E-state index in [4.69, 9.17) is 4.42 Å². The first kappa shape index (κ1) is 19.0. The molecule has 2 rings (SSSR count). The number of benzene rings is 1. The number of amides is 1. The fourth-order valence-electron chi connectivity index (χ4n) is 1.98. The molecule has 0 bridgehead atoms. The molecule has 6 nitrogen and oxygen atoms in total. The maximum Gasteiger partial charge on any atom is 0.244 e. The van der Waals surface area contributed by atoms with Crippen molar-refractivity contribution >= 4 is 22.0 Å². The number of hydrogen-bond donors (Lipinski definition) is 2. The molecule has 134 valence electrons. The standard InChI is InChI=1S/C18H22N2O4S/c1-3-14(2)20-18(21)12-11-15-9-10-16(24-15)13-19-25(22,23)17-7-5-4-6-8-17/h4-12,14,19H,3,13H2,1-2H3,(H,20,21)/b12-11+/t14-/m0/s1. The van der Waals surface area contributed by atoms with Gasteiger partial charge in [-0.15, -0.1) is 0 Å². The average Bonchev–Trinajstić information content (AvgIpc) is 3.07. The normalized spacial score (nSPS) is 13.0. The largest absolute Gasteiger partial charge is 0.460 e. The summed E-state index contributed by atoms with van der Waals surface area (Å²) >= 11 is 0. The second-order valence-corrected chi connectivity index (χ2v) is 7.36. The molecule has 0 radical (unpaired) electrons. The Morgan fingerprint density at radius 1 is 1.20 bits per heavy atom. The molecule has 7 heteroatoms. The quantitative estimate of drug-likeness (QED) is 0.707. The zero-order chi connectivity index (χ0) is 18.3. The zero-order valence-corrected chi connectivity index (χ0v) is 15.0. The Hall–Kier alpha value is -2.38. The molecule has 0 saturated carbocycles. The molecule has 1 amide bonds. The lowest BCUT2D eigenvalue weighted by Crippen LogP contribution is -2.30. The van der Waals surface area contributed by atoms with Gasteiger partial charge in [-0.05, 0) is 43.7 Å². The van der Waals surface area contributed by atoms with Crippen LogP contribution in [0.3, 0.4) is 0 Å². The van der Waals surface area contributed by atoms with Crippen LogP contribution in [0.1, 0.15) is 31.8 Å². The third-order valence-corrected chi connectivity index (χ3v) is 4.99. The van der Waals surface area contributed by atoms with Gasteiger partial charge in [-0.2, -0.15) is 0 Å². The number of nitrogens with one attached hydrogen (secondary N) is 2. The Kier molecular flexibility index (Phi) is 6.55. The second-order valence-electron chi connectivity index (χ2n) is 5.59. The molecule has 0 aliphatic carbocycles. The van der Waals surface area contributed by atoms with Crippen molar-refractivity contribution in [2.45, 2.75) is 37.8 Å². The van der Waals surface area contributed by atoms with Gasteiger partial charge >= 0.3 is 0 Å². The summed E-state index contributed by atoms with van der Waals surface area (Å²) in [5, 5.41) is 2.81. The smallest absolute Gasteiger partial charge is 0.244 e. The van der Waals surface area contributed by atoms with Crippen molar-refractivity contribution in [3.05, 3.63) is 60.1 Å². The molecule has 2 N–H and O–H groups in total. The SMILES string of the molecule is CC[C@H](C)NC(=O)/C=C/c1ccc(CNS(=O)(=O)c2ccccc2)o1. The molecule has 0 saturated heterocycles. The number of carbonyl (C=O) groups is 1. The van der Waals surface area contributed by atoms with E-state index in [1.54, 1.807) is 36.4 Å². The Balaban J connectivity index is 1.92. The van der Waals surface area contributed by atoms with Crippen LogP contribution < -0.4 is 10.0 Å². The van der Waals surface area contributed by atoms with Gasteiger partial charge < -0.3 is 9.73 Å². The molecular weight excluding hydrogens is 340 g/mol. The molecule has 0 unspecified atom stereocenters. The van der Waals surface area contributed by atoms with E-state index in [0.29, 0.717) is 11.5 Å². The zero-order valence-electron chi connectivity index (χ0n) is 14.2. The summed E-state index contributed by atoms with van der Waals surface area (Å²) < 4.78 is 32.3. The van der Waals surface area contributed by atoms with E-state index in [-0.39, 0.29) is 23.4 Å². The van der Waals surface area contributed by atoms with E-state index in [2.05, 4.69) is 10.0 Å². The molecule has 0 aliphatic heterocycles. The number of rotatable bonds is 8. The van der Waals surface area contributed by atoms with Crippen LogP contribution in [0, 0.1) is 0 Å². The molecule has 0 spiro atoms. The van der Waals surface area contributed by atoms with Crippen LogP contribution in [0.5, 0.6) is 0 Å². The number of sulfonamides is 1. The lowest BCUT2D eigenvalue weighted by molar-refractivity contribution is -0.117. The predicted octanol–water partition coefficient (Wildman–Crippen LogP) is 2.69. The van der Waals surface area contributed by atoms with E-state index in [1.165, 1.54) is 18.2 Å². The van der Waals surface area contributed by atoms with Crippen LogP contribution >= 0.6 is 0 Å². The van der Waals surface area contributed by atoms with Crippen molar-refractivity contribution in [1.82, 2.24) is 10.0 Å². The maximum absolute atomic E-state index is 12.1. The fraction of sp³-hybridized carbons (Fsp3) is 0.278. The molecule has 1 heterocycles. The van der Waals surface area contributed by atoms with E-state index in [1.807, 2.05) is 13.8 Å². The third-order valence-electron chi connectivity index (χ3n) is 3.57. The van der Waals surface area contributed by atoms with Gasteiger partial charge in [0.25, 0.3) is 0 Å². The van der Waals surface area contributed by atoms with Crippen molar-refractivity contribution in [2.24, 2.45) is 0 Å². The molecule has 25 heavy (non-hydrogen) atoms. The maximum atomic E-state index is 12.1. The molecule has 1 aromatic heterocycles. The van der Waals surface area contributed by atoms with E-state index < -0.39 is 10.0 Å². The molecule has 0 aliphatic rings. The first-order valence-corrected chi connectivity index (χ1v) is 9.51. The number of carbonyl (C=O) groups excluding carboxylic acids is 1. The Morgan fingerprint density at radius 2 is 1.92 bits per heavy atom. The highest BCUT2D eigenvalue weighted by molar-refractivity contribution is 7.89. The van der Waals surface area contributed by atoms with Gasteiger partial charge in [0.2, 0.25) is 15.9 Å². The van der Waals surface area contributed by atoms with E-state index in [9.17, 15) is 13.2 Å². The summed E-state index contributed by atoms with van der Waals surface area (Å²) in [6.07, 6.45) is 3.79. The Morgan fingerprint density at radius 3 is 2.60 bits per heavy atom. The van der Waals surface area contributed by atoms with Gasteiger partial charge in [-0.1, -0.05) is 25.1 Å². The van der Waals surface area contributed by atoms with Gasteiger partial charge in [-0.3, -0.25) is 4.79 Å². The first-order chi connectivity index (χ1) is 11.9. The molecule has 0 fully saturated rings. The average molecular weight is 362 g/mol. The van der Waals surface area contributed by atoms with Crippen molar-refractivity contribution in [1.29, 1.82) is 0 Å². The lowest BCUT2D eigenvalue weighted by Gasteiger charge is -2.08. The lowest BCUT2D eigenvalue weighted by atomic mass is 10.2. The highest BCUT2D eigenvalue weighted by Gasteiger charge is 2.13. The van der Waals surface area contributed by atoms with Gasteiger partial charge in [0.1, 0.15) is 11.5 Å². The van der Waals surface area contributed by atoms with Crippen molar-refractivity contribution < 1.29 is 17.6 Å². The molecule has 1 atom stereocenters. The van der Waals surface area contributed by atoms with Gasteiger partial charge in [0, 0.05) is 12.1 Å². The minimum atomic E-state index is -3.58. The van der Waals surface area contributed by atoms with Crippen LogP contribution in [0.2, 0.25) is 0 Å². The first-order valence-electron chi connectivity index (χ1n) is 8.02. The highest BCUT2D eigenvalue weighted by Crippen LogP contribution is 2.12. The van der Waals surface area contributed by atoms with Gasteiger partial charge in [0.15, 0.2) is 0 Å². The van der Waals surface area contributed by atoms with E-state index >= 15 is 0 Å². The second kappa shape index (κ2) is 8.64. The van der Waals surface area contributed by atoms with Crippen LogP contribution in [0.15, 0.2) is 57.9 Å². The Bertz CT molecular complexity index is 826. The highest BCUT2D eigenvalue weighted by atomic mass is 32.2.